The molecule has 1 saturated carbocycles. The van der Waals surface area contributed by atoms with Crippen LogP contribution in [-0.4, -0.2) is 35.5 Å². The summed E-state index contributed by atoms with van der Waals surface area (Å²) in [5.74, 6) is 1.81. The van der Waals surface area contributed by atoms with E-state index < -0.39 is 0 Å². The molecule has 0 aliphatic heterocycles. The van der Waals surface area contributed by atoms with E-state index in [9.17, 15) is 4.79 Å². The van der Waals surface area contributed by atoms with E-state index in [0.29, 0.717) is 19.0 Å². The Bertz CT molecular complexity index is 1010. The number of rotatable bonds is 6. The largest absolute Gasteiger partial charge is 0.359 e. The second-order valence-electron chi connectivity index (χ2n) is 8.57. The van der Waals surface area contributed by atoms with Crippen molar-refractivity contribution in [3.05, 3.63) is 42.2 Å². The molecule has 1 amide bonds. The highest BCUT2D eigenvalue weighted by molar-refractivity contribution is 7.21. The third-order valence-corrected chi connectivity index (χ3v) is 7.13. The topological polar surface area (TPSA) is 58.1 Å². The Hall–Kier alpha value is -2.47. The van der Waals surface area contributed by atoms with Gasteiger partial charge in [-0.1, -0.05) is 62.4 Å². The average Bonchev–Trinajstić information content (AvgIpc) is 3.18. The van der Waals surface area contributed by atoms with Gasteiger partial charge in [0.2, 0.25) is 5.91 Å². The molecule has 164 valence electrons. The molecule has 31 heavy (non-hydrogen) atoms. The van der Waals surface area contributed by atoms with Crippen LogP contribution in [0.3, 0.4) is 0 Å². The Labute approximate surface area is 188 Å². The first-order chi connectivity index (χ1) is 15.1. The zero-order chi connectivity index (χ0) is 21.6. The number of benzene rings is 1. The smallest absolute Gasteiger partial charge is 0.221 e. The molecule has 1 aromatic carbocycles. The third-order valence-electron chi connectivity index (χ3n) is 6.05. The maximum absolute atomic E-state index is 12.6. The lowest BCUT2D eigenvalue weighted by Crippen LogP contribution is -2.37. The van der Waals surface area contributed by atoms with Crippen molar-refractivity contribution in [2.24, 2.45) is 0 Å². The summed E-state index contributed by atoms with van der Waals surface area (Å²) in [6.45, 7) is 2.57. The quantitative estimate of drug-likeness (QED) is 0.537. The van der Waals surface area contributed by atoms with E-state index in [4.69, 9.17) is 4.98 Å². The van der Waals surface area contributed by atoms with Crippen LogP contribution in [0.25, 0.3) is 20.7 Å². The van der Waals surface area contributed by atoms with Gasteiger partial charge >= 0.3 is 0 Å². The van der Waals surface area contributed by atoms with Crippen LogP contribution in [0.5, 0.6) is 0 Å². The molecule has 0 unspecified atom stereocenters. The van der Waals surface area contributed by atoms with E-state index in [1.165, 1.54) is 42.5 Å². The number of nitrogens with zero attached hydrogens (tertiary/aromatic N) is 3. The lowest BCUT2D eigenvalue weighted by molar-refractivity contribution is -0.121. The molecule has 1 aliphatic carbocycles. The molecule has 3 aromatic rings. The number of thiophene rings is 1. The van der Waals surface area contributed by atoms with Crippen LogP contribution >= 0.6 is 11.3 Å². The second kappa shape index (κ2) is 10.2. The predicted molar refractivity (Wildman–Crippen MR) is 130 cm³/mol. The van der Waals surface area contributed by atoms with Crippen LogP contribution in [0.2, 0.25) is 0 Å². The maximum Gasteiger partial charge on any atom is 0.221 e. The van der Waals surface area contributed by atoms with Crippen molar-refractivity contribution in [1.29, 1.82) is 0 Å². The van der Waals surface area contributed by atoms with Crippen molar-refractivity contribution in [1.82, 2.24) is 15.3 Å². The summed E-state index contributed by atoms with van der Waals surface area (Å²) in [7, 11) is 2.02. The van der Waals surface area contributed by atoms with E-state index >= 15 is 0 Å². The summed E-state index contributed by atoms with van der Waals surface area (Å²) in [5.41, 5.74) is 1.19. The monoisotopic (exact) mass is 436 g/mol. The van der Waals surface area contributed by atoms with Crippen LogP contribution < -0.4 is 10.2 Å². The van der Waals surface area contributed by atoms with Gasteiger partial charge in [0, 0.05) is 30.9 Å². The van der Waals surface area contributed by atoms with Crippen LogP contribution in [0.15, 0.2) is 36.4 Å². The van der Waals surface area contributed by atoms with E-state index in [-0.39, 0.29) is 5.91 Å². The molecule has 0 atom stereocenters. The van der Waals surface area contributed by atoms with Crippen molar-refractivity contribution in [3.8, 4) is 10.4 Å². The SMILES string of the molecule is Cc1nc(N(C)CCC(=O)NC2CCCCCCC2)c2cc(-c3ccccc3)sc2n1. The first-order valence-electron chi connectivity index (χ1n) is 11.4. The van der Waals surface area contributed by atoms with Gasteiger partial charge in [-0.05, 0) is 31.4 Å². The fourth-order valence-corrected chi connectivity index (χ4v) is 5.40. The summed E-state index contributed by atoms with van der Waals surface area (Å²) in [4.78, 5) is 26.2. The molecule has 2 heterocycles. The van der Waals surface area contributed by atoms with Crippen molar-refractivity contribution in [2.45, 2.75) is 64.3 Å². The average molecular weight is 437 g/mol. The highest BCUT2D eigenvalue weighted by Gasteiger charge is 2.17. The molecule has 0 spiro atoms. The molecule has 4 rings (SSSR count). The molecular weight excluding hydrogens is 404 g/mol. The Morgan fingerprint density at radius 3 is 2.55 bits per heavy atom. The highest BCUT2D eigenvalue weighted by Crippen LogP contribution is 2.36. The van der Waals surface area contributed by atoms with Gasteiger partial charge in [-0.25, -0.2) is 9.97 Å². The first kappa shape index (κ1) is 21.8. The lowest BCUT2D eigenvalue weighted by atomic mass is 9.96. The van der Waals surface area contributed by atoms with Crippen molar-refractivity contribution < 1.29 is 4.79 Å². The number of carbonyl (C=O) groups excluding carboxylic acids is 1. The number of hydrogen-bond acceptors (Lipinski definition) is 5. The molecular formula is C25H32N4OS. The van der Waals surface area contributed by atoms with Crippen LogP contribution in [0.1, 0.15) is 57.2 Å². The predicted octanol–water partition coefficient (Wildman–Crippen LogP) is 5.72. The Morgan fingerprint density at radius 2 is 1.81 bits per heavy atom. The second-order valence-corrected chi connectivity index (χ2v) is 9.60. The first-order valence-corrected chi connectivity index (χ1v) is 12.3. The maximum atomic E-state index is 12.6. The molecule has 1 aliphatic rings. The van der Waals surface area contributed by atoms with Gasteiger partial charge in [0.05, 0.1) is 5.39 Å². The van der Waals surface area contributed by atoms with E-state index in [0.717, 1.165) is 34.7 Å². The summed E-state index contributed by atoms with van der Waals surface area (Å²) in [6.07, 6.45) is 9.10. The Kier molecular flexibility index (Phi) is 7.17. The summed E-state index contributed by atoms with van der Waals surface area (Å²) >= 11 is 1.69. The number of nitrogens with one attached hydrogen (secondary N) is 1. The number of aromatic nitrogens is 2. The Balaban J connectivity index is 1.44. The molecule has 1 fully saturated rings. The van der Waals surface area contributed by atoms with Gasteiger partial charge in [0.1, 0.15) is 16.5 Å². The fourth-order valence-electron chi connectivity index (χ4n) is 4.32. The minimum absolute atomic E-state index is 0.148. The van der Waals surface area contributed by atoms with Gasteiger partial charge in [-0.3, -0.25) is 4.79 Å². The summed E-state index contributed by atoms with van der Waals surface area (Å²) < 4.78 is 0. The zero-order valence-electron chi connectivity index (χ0n) is 18.6. The van der Waals surface area contributed by atoms with Crippen molar-refractivity contribution >= 4 is 33.3 Å². The van der Waals surface area contributed by atoms with Crippen molar-refractivity contribution in [2.75, 3.05) is 18.5 Å². The number of anilines is 1. The number of aryl methyl sites for hydroxylation is 1. The van der Waals surface area contributed by atoms with Gasteiger partial charge in [-0.15, -0.1) is 11.3 Å². The molecule has 0 radical (unpaired) electrons. The fraction of sp³-hybridized carbons (Fsp3) is 0.480. The summed E-state index contributed by atoms with van der Waals surface area (Å²) in [5, 5.41) is 4.32. The van der Waals surface area contributed by atoms with E-state index in [1.807, 2.05) is 20.0 Å². The van der Waals surface area contributed by atoms with Crippen LogP contribution in [0, 0.1) is 6.92 Å². The van der Waals surface area contributed by atoms with Gasteiger partial charge in [-0.2, -0.15) is 0 Å². The van der Waals surface area contributed by atoms with E-state index in [1.54, 1.807) is 11.3 Å². The molecule has 0 bridgehead atoms. The molecule has 1 N–H and O–H groups in total. The van der Waals surface area contributed by atoms with Gasteiger partial charge < -0.3 is 10.2 Å². The van der Waals surface area contributed by atoms with Gasteiger partial charge in [0.15, 0.2) is 0 Å². The highest BCUT2D eigenvalue weighted by atomic mass is 32.1. The minimum atomic E-state index is 0.148. The molecule has 0 saturated heterocycles. The number of fused-ring (bicyclic) bond motifs is 1. The van der Waals surface area contributed by atoms with E-state index in [2.05, 4.69) is 45.5 Å². The third kappa shape index (κ3) is 5.62. The van der Waals surface area contributed by atoms with Crippen LogP contribution in [0.4, 0.5) is 5.82 Å². The number of hydrogen-bond donors (Lipinski definition) is 1. The van der Waals surface area contributed by atoms with Gasteiger partial charge in [0.25, 0.3) is 0 Å². The summed E-state index contributed by atoms with van der Waals surface area (Å²) in [6, 6.07) is 12.9. The zero-order valence-corrected chi connectivity index (χ0v) is 19.4. The molecule has 2 aromatic heterocycles. The number of carbonyl (C=O) groups is 1. The van der Waals surface area contributed by atoms with Crippen molar-refractivity contribution in [3.63, 3.8) is 0 Å². The molecule has 5 nitrogen and oxygen atoms in total. The Morgan fingerprint density at radius 1 is 1.10 bits per heavy atom. The number of amides is 1. The lowest BCUT2D eigenvalue weighted by Gasteiger charge is -2.23. The normalized spacial score (nSPS) is 15.4. The standard InChI is InChI=1S/C25H32N4OS/c1-18-26-24(21-17-22(31-25(21)27-18)19-11-7-6-8-12-19)29(2)16-15-23(30)28-20-13-9-4-3-5-10-14-20/h6-8,11-12,17,20H,3-5,9-10,13-16H2,1-2H3,(H,28,30). The molecule has 6 heteroatoms. The van der Waals surface area contributed by atoms with Crippen LogP contribution in [-0.2, 0) is 4.79 Å². The minimum Gasteiger partial charge on any atom is -0.359 e.